The molecule has 0 spiro atoms. The third kappa shape index (κ3) is 3.03. The Hall–Kier alpha value is -2.07. The Kier molecular flexibility index (Phi) is 4.02. The minimum atomic E-state index is -0.706. The monoisotopic (exact) mass is 258 g/mol. The summed E-state index contributed by atoms with van der Waals surface area (Å²) in [5, 5.41) is 10.4. The fraction of sp³-hybridized carbons (Fsp3) is 0.267. The van der Waals surface area contributed by atoms with Crippen LogP contribution in [0.1, 0.15) is 17.2 Å². The number of methoxy groups -OCH3 is 1. The van der Waals surface area contributed by atoms with Gasteiger partial charge in [-0.3, -0.25) is 4.98 Å². The molecule has 2 aromatic rings. The molecule has 2 rings (SSSR count). The molecule has 0 aliphatic heterocycles. The summed E-state index contributed by atoms with van der Waals surface area (Å²) < 4.78 is 5.12. The number of aliphatic hydroxyl groups excluding tert-OH is 1. The van der Waals surface area contributed by atoms with E-state index in [-0.39, 0.29) is 0 Å². The molecule has 0 saturated heterocycles. The number of hydrogen-bond acceptors (Lipinski definition) is 4. The van der Waals surface area contributed by atoms with Crippen LogP contribution in [0.25, 0.3) is 0 Å². The lowest BCUT2D eigenvalue weighted by molar-refractivity contribution is 0.219. The average molecular weight is 258 g/mol. The number of pyridine rings is 1. The number of nitrogens with zero attached hydrogens (tertiary/aromatic N) is 2. The van der Waals surface area contributed by atoms with Gasteiger partial charge < -0.3 is 14.7 Å². The Morgan fingerprint density at radius 2 is 1.95 bits per heavy atom. The minimum Gasteiger partial charge on any atom is -0.495 e. The molecular formula is C15H18N2O2. The van der Waals surface area contributed by atoms with Crippen LogP contribution >= 0.6 is 0 Å². The zero-order valence-corrected chi connectivity index (χ0v) is 11.4. The van der Waals surface area contributed by atoms with E-state index in [2.05, 4.69) is 4.98 Å². The summed E-state index contributed by atoms with van der Waals surface area (Å²) >= 11 is 0. The van der Waals surface area contributed by atoms with E-state index in [9.17, 15) is 5.11 Å². The standard InChI is InChI=1S/C15H18N2O2/c1-17(2)13-6-4-5-11(7-13)15(18)12-8-14(19-3)10-16-9-12/h4-10,15,18H,1-3H3. The van der Waals surface area contributed by atoms with Crippen molar-refractivity contribution < 1.29 is 9.84 Å². The summed E-state index contributed by atoms with van der Waals surface area (Å²) in [4.78, 5) is 6.06. The van der Waals surface area contributed by atoms with Crippen molar-refractivity contribution in [1.29, 1.82) is 0 Å². The van der Waals surface area contributed by atoms with Gasteiger partial charge in [0.15, 0.2) is 0 Å². The van der Waals surface area contributed by atoms with Gasteiger partial charge in [-0.15, -0.1) is 0 Å². The van der Waals surface area contributed by atoms with Crippen LogP contribution in [0, 0.1) is 0 Å². The van der Waals surface area contributed by atoms with Crippen LogP contribution in [0.2, 0.25) is 0 Å². The number of aliphatic hydroxyl groups is 1. The summed E-state index contributed by atoms with van der Waals surface area (Å²) in [7, 11) is 5.52. The summed E-state index contributed by atoms with van der Waals surface area (Å²) in [6.07, 6.45) is 2.56. The second kappa shape index (κ2) is 5.71. The first-order valence-corrected chi connectivity index (χ1v) is 6.06. The van der Waals surface area contributed by atoms with Gasteiger partial charge in [0.2, 0.25) is 0 Å². The van der Waals surface area contributed by atoms with Gasteiger partial charge in [-0.05, 0) is 23.8 Å². The summed E-state index contributed by atoms with van der Waals surface area (Å²) in [5.74, 6) is 0.639. The molecule has 0 aliphatic carbocycles. The first-order valence-electron chi connectivity index (χ1n) is 6.06. The van der Waals surface area contributed by atoms with E-state index in [1.807, 2.05) is 43.3 Å². The molecule has 1 unspecified atom stereocenters. The lowest BCUT2D eigenvalue weighted by Gasteiger charge is -2.16. The smallest absolute Gasteiger partial charge is 0.137 e. The first kappa shape index (κ1) is 13.4. The number of ether oxygens (including phenoxy) is 1. The third-order valence-electron chi connectivity index (χ3n) is 2.99. The minimum absolute atomic E-state index is 0.639. The number of aromatic nitrogens is 1. The van der Waals surface area contributed by atoms with Crippen LogP contribution in [0.15, 0.2) is 42.7 Å². The van der Waals surface area contributed by atoms with Gasteiger partial charge in [-0.1, -0.05) is 12.1 Å². The predicted octanol–water partition coefficient (Wildman–Crippen LogP) is 2.24. The molecule has 0 aliphatic rings. The van der Waals surface area contributed by atoms with Gasteiger partial charge >= 0.3 is 0 Å². The fourth-order valence-corrected chi connectivity index (χ4v) is 1.86. The van der Waals surface area contributed by atoms with Crippen molar-refractivity contribution in [2.45, 2.75) is 6.10 Å². The van der Waals surface area contributed by atoms with Gasteiger partial charge in [0.25, 0.3) is 0 Å². The molecule has 1 heterocycles. The summed E-state index contributed by atoms with van der Waals surface area (Å²) in [6.45, 7) is 0. The highest BCUT2D eigenvalue weighted by molar-refractivity contribution is 5.49. The molecule has 1 aromatic carbocycles. The predicted molar refractivity (Wildman–Crippen MR) is 75.6 cm³/mol. The zero-order chi connectivity index (χ0) is 13.8. The maximum Gasteiger partial charge on any atom is 0.137 e. The second-order valence-electron chi connectivity index (χ2n) is 4.55. The molecule has 4 nitrogen and oxygen atoms in total. The number of benzene rings is 1. The van der Waals surface area contributed by atoms with Crippen LogP contribution < -0.4 is 9.64 Å². The molecule has 0 amide bonds. The molecule has 0 radical (unpaired) electrons. The Labute approximate surface area is 113 Å². The normalized spacial score (nSPS) is 12.0. The van der Waals surface area contributed by atoms with E-state index in [1.165, 1.54) is 0 Å². The van der Waals surface area contributed by atoms with E-state index in [0.717, 1.165) is 16.8 Å². The lowest BCUT2D eigenvalue weighted by Crippen LogP contribution is -2.09. The quantitative estimate of drug-likeness (QED) is 0.913. The number of anilines is 1. The van der Waals surface area contributed by atoms with E-state index >= 15 is 0 Å². The van der Waals surface area contributed by atoms with Gasteiger partial charge in [0.1, 0.15) is 11.9 Å². The van der Waals surface area contributed by atoms with Crippen LogP contribution in [0.5, 0.6) is 5.75 Å². The fourth-order valence-electron chi connectivity index (χ4n) is 1.86. The van der Waals surface area contributed by atoms with Crippen molar-refractivity contribution in [1.82, 2.24) is 4.98 Å². The van der Waals surface area contributed by atoms with E-state index in [4.69, 9.17) is 4.74 Å². The molecule has 0 bridgehead atoms. The molecule has 1 N–H and O–H groups in total. The van der Waals surface area contributed by atoms with E-state index in [0.29, 0.717) is 5.75 Å². The number of rotatable bonds is 4. The highest BCUT2D eigenvalue weighted by Crippen LogP contribution is 2.26. The van der Waals surface area contributed by atoms with Gasteiger partial charge in [-0.2, -0.15) is 0 Å². The van der Waals surface area contributed by atoms with Gasteiger partial charge in [-0.25, -0.2) is 0 Å². The Morgan fingerprint density at radius 3 is 2.63 bits per heavy atom. The molecule has 1 atom stereocenters. The van der Waals surface area contributed by atoms with Crippen molar-refractivity contribution in [2.75, 3.05) is 26.1 Å². The molecule has 100 valence electrons. The molecule has 19 heavy (non-hydrogen) atoms. The SMILES string of the molecule is COc1cncc(C(O)c2cccc(N(C)C)c2)c1. The van der Waals surface area contributed by atoms with Crippen molar-refractivity contribution in [3.05, 3.63) is 53.9 Å². The van der Waals surface area contributed by atoms with Crippen LogP contribution in [0.4, 0.5) is 5.69 Å². The highest BCUT2D eigenvalue weighted by Gasteiger charge is 2.12. The molecular weight excluding hydrogens is 240 g/mol. The van der Waals surface area contributed by atoms with Gasteiger partial charge in [0, 0.05) is 31.5 Å². The first-order chi connectivity index (χ1) is 9.11. The van der Waals surface area contributed by atoms with Crippen molar-refractivity contribution >= 4 is 5.69 Å². The van der Waals surface area contributed by atoms with Crippen molar-refractivity contribution in [2.24, 2.45) is 0 Å². The van der Waals surface area contributed by atoms with E-state index in [1.54, 1.807) is 25.6 Å². The van der Waals surface area contributed by atoms with Crippen LogP contribution in [-0.2, 0) is 0 Å². The second-order valence-corrected chi connectivity index (χ2v) is 4.55. The number of hydrogen-bond donors (Lipinski definition) is 1. The highest BCUT2D eigenvalue weighted by atomic mass is 16.5. The van der Waals surface area contributed by atoms with Crippen molar-refractivity contribution in [3.8, 4) is 5.75 Å². The maximum atomic E-state index is 10.4. The largest absolute Gasteiger partial charge is 0.495 e. The lowest BCUT2D eigenvalue weighted by atomic mass is 10.0. The third-order valence-corrected chi connectivity index (χ3v) is 2.99. The molecule has 0 saturated carbocycles. The molecule has 1 aromatic heterocycles. The summed E-state index contributed by atoms with van der Waals surface area (Å²) in [5.41, 5.74) is 2.60. The Bertz CT molecular complexity index is 555. The average Bonchev–Trinajstić information content (AvgIpc) is 2.46. The van der Waals surface area contributed by atoms with Crippen LogP contribution in [-0.4, -0.2) is 31.3 Å². The van der Waals surface area contributed by atoms with Crippen molar-refractivity contribution in [3.63, 3.8) is 0 Å². The van der Waals surface area contributed by atoms with E-state index < -0.39 is 6.10 Å². The van der Waals surface area contributed by atoms with Gasteiger partial charge in [0.05, 0.1) is 13.3 Å². The Balaban J connectivity index is 2.32. The topological polar surface area (TPSA) is 45.6 Å². The summed E-state index contributed by atoms with van der Waals surface area (Å²) in [6, 6.07) is 9.59. The molecule has 4 heteroatoms. The Morgan fingerprint density at radius 1 is 1.16 bits per heavy atom. The maximum absolute atomic E-state index is 10.4. The zero-order valence-electron chi connectivity index (χ0n) is 11.4. The van der Waals surface area contributed by atoms with Crippen LogP contribution in [0.3, 0.4) is 0 Å². The molecule has 0 fully saturated rings.